The Morgan fingerprint density at radius 3 is 2.37 bits per heavy atom. The van der Waals surface area contributed by atoms with E-state index in [9.17, 15) is 4.79 Å². The minimum atomic E-state index is -0.234. The lowest BCUT2D eigenvalue weighted by atomic mass is 10.2. The maximum atomic E-state index is 11.3. The Hall–Kier alpha value is -1.75. The van der Waals surface area contributed by atoms with Crippen molar-refractivity contribution in [2.75, 3.05) is 34.4 Å². The Balaban J connectivity index is 2.77. The SMILES string of the molecule is CCN(CC(=O)OC)Cc1ccc(OC)c(OC)c1. The van der Waals surface area contributed by atoms with Crippen molar-refractivity contribution in [1.82, 2.24) is 4.90 Å². The molecule has 0 radical (unpaired) electrons. The molecule has 0 saturated heterocycles. The smallest absolute Gasteiger partial charge is 0.319 e. The van der Waals surface area contributed by atoms with Gasteiger partial charge in [-0.3, -0.25) is 9.69 Å². The second-order valence-corrected chi connectivity index (χ2v) is 4.07. The molecule has 0 aliphatic heterocycles. The second kappa shape index (κ2) is 7.63. The van der Waals surface area contributed by atoms with Crippen LogP contribution in [0.4, 0.5) is 0 Å². The summed E-state index contributed by atoms with van der Waals surface area (Å²) in [5, 5.41) is 0. The Morgan fingerprint density at radius 2 is 1.84 bits per heavy atom. The summed E-state index contributed by atoms with van der Waals surface area (Å²) in [4.78, 5) is 13.3. The maximum absolute atomic E-state index is 11.3. The van der Waals surface area contributed by atoms with Crippen molar-refractivity contribution in [1.29, 1.82) is 0 Å². The minimum Gasteiger partial charge on any atom is -0.493 e. The van der Waals surface area contributed by atoms with Gasteiger partial charge in [-0.2, -0.15) is 0 Å². The van der Waals surface area contributed by atoms with Crippen molar-refractivity contribution >= 4 is 5.97 Å². The fourth-order valence-electron chi connectivity index (χ4n) is 1.76. The summed E-state index contributed by atoms with van der Waals surface area (Å²) in [6, 6.07) is 5.74. The van der Waals surface area contributed by atoms with Crippen molar-refractivity contribution in [3.05, 3.63) is 23.8 Å². The fourth-order valence-corrected chi connectivity index (χ4v) is 1.76. The summed E-state index contributed by atoms with van der Waals surface area (Å²) >= 11 is 0. The number of hydrogen-bond acceptors (Lipinski definition) is 5. The molecule has 0 fully saturated rings. The third-order valence-electron chi connectivity index (χ3n) is 2.88. The molecule has 0 atom stereocenters. The Morgan fingerprint density at radius 1 is 1.16 bits per heavy atom. The van der Waals surface area contributed by atoms with Gasteiger partial charge < -0.3 is 14.2 Å². The zero-order valence-electron chi connectivity index (χ0n) is 11.9. The van der Waals surface area contributed by atoms with E-state index >= 15 is 0 Å². The highest BCUT2D eigenvalue weighted by molar-refractivity contribution is 5.71. The number of methoxy groups -OCH3 is 3. The van der Waals surface area contributed by atoms with Gasteiger partial charge in [-0.1, -0.05) is 13.0 Å². The predicted molar refractivity (Wildman–Crippen MR) is 72.5 cm³/mol. The van der Waals surface area contributed by atoms with Gasteiger partial charge in [0, 0.05) is 6.54 Å². The monoisotopic (exact) mass is 267 g/mol. The Labute approximate surface area is 114 Å². The Bertz CT molecular complexity index is 420. The molecule has 106 valence electrons. The molecule has 0 N–H and O–H groups in total. The van der Waals surface area contributed by atoms with Crippen LogP contribution in [0.1, 0.15) is 12.5 Å². The van der Waals surface area contributed by atoms with Crippen molar-refractivity contribution in [2.45, 2.75) is 13.5 Å². The van der Waals surface area contributed by atoms with E-state index in [2.05, 4.69) is 4.74 Å². The van der Waals surface area contributed by atoms with Gasteiger partial charge in [0.25, 0.3) is 0 Å². The fraction of sp³-hybridized carbons (Fsp3) is 0.500. The molecule has 0 unspecified atom stereocenters. The molecule has 1 rings (SSSR count). The summed E-state index contributed by atoms with van der Waals surface area (Å²) in [6.07, 6.45) is 0. The maximum Gasteiger partial charge on any atom is 0.319 e. The molecule has 5 heteroatoms. The van der Waals surface area contributed by atoms with E-state index in [0.717, 1.165) is 12.1 Å². The van der Waals surface area contributed by atoms with Crippen molar-refractivity contribution in [3.8, 4) is 11.5 Å². The number of carbonyl (C=O) groups excluding carboxylic acids is 1. The molecule has 0 amide bonds. The van der Waals surface area contributed by atoms with E-state index in [1.807, 2.05) is 30.0 Å². The van der Waals surface area contributed by atoms with Crippen LogP contribution in [0, 0.1) is 0 Å². The number of esters is 1. The second-order valence-electron chi connectivity index (χ2n) is 4.07. The molecule has 19 heavy (non-hydrogen) atoms. The number of carbonyl (C=O) groups is 1. The van der Waals surface area contributed by atoms with Crippen LogP contribution in [0.15, 0.2) is 18.2 Å². The number of benzene rings is 1. The normalized spacial score (nSPS) is 10.4. The van der Waals surface area contributed by atoms with Crippen LogP contribution < -0.4 is 9.47 Å². The van der Waals surface area contributed by atoms with E-state index in [4.69, 9.17) is 9.47 Å². The Kier molecular flexibility index (Phi) is 6.15. The molecule has 0 bridgehead atoms. The summed E-state index contributed by atoms with van der Waals surface area (Å²) in [6.45, 7) is 3.71. The van der Waals surface area contributed by atoms with Crippen LogP contribution in [0.25, 0.3) is 0 Å². The lowest BCUT2D eigenvalue weighted by molar-refractivity contribution is -0.142. The van der Waals surface area contributed by atoms with Crippen molar-refractivity contribution < 1.29 is 19.0 Å². The predicted octanol–water partition coefficient (Wildman–Crippen LogP) is 1.70. The molecule has 1 aromatic carbocycles. The summed E-state index contributed by atoms with van der Waals surface area (Å²) < 4.78 is 15.1. The largest absolute Gasteiger partial charge is 0.493 e. The molecule has 0 aliphatic carbocycles. The highest BCUT2D eigenvalue weighted by Gasteiger charge is 2.11. The first-order chi connectivity index (χ1) is 9.14. The summed E-state index contributed by atoms with van der Waals surface area (Å²) in [5.41, 5.74) is 1.06. The van der Waals surface area contributed by atoms with Gasteiger partial charge in [-0.05, 0) is 24.2 Å². The van der Waals surface area contributed by atoms with Crippen LogP contribution in [0.3, 0.4) is 0 Å². The lowest BCUT2D eigenvalue weighted by Gasteiger charge is -2.19. The van der Waals surface area contributed by atoms with E-state index < -0.39 is 0 Å². The van der Waals surface area contributed by atoms with Crippen molar-refractivity contribution in [3.63, 3.8) is 0 Å². The molecule has 5 nitrogen and oxygen atoms in total. The molecule has 0 aromatic heterocycles. The topological polar surface area (TPSA) is 48.0 Å². The van der Waals surface area contributed by atoms with Gasteiger partial charge in [-0.25, -0.2) is 0 Å². The zero-order chi connectivity index (χ0) is 14.3. The number of rotatable bonds is 7. The van der Waals surface area contributed by atoms with Crippen LogP contribution in [-0.4, -0.2) is 45.3 Å². The molecule has 0 saturated carbocycles. The van der Waals surface area contributed by atoms with E-state index in [-0.39, 0.29) is 12.5 Å². The molecule has 0 heterocycles. The van der Waals surface area contributed by atoms with Crippen LogP contribution >= 0.6 is 0 Å². The number of ether oxygens (including phenoxy) is 3. The number of nitrogens with zero attached hydrogens (tertiary/aromatic N) is 1. The molecular formula is C14H21NO4. The van der Waals surface area contributed by atoms with E-state index in [1.54, 1.807) is 14.2 Å². The first-order valence-corrected chi connectivity index (χ1v) is 6.14. The average Bonchev–Trinajstić information content (AvgIpc) is 2.45. The number of likely N-dealkylation sites (N-methyl/N-ethyl adjacent to an activating group) is 1. The van der Waals surface area contributed by atoms with E-state index in [1.165, 1.54) is 7.11 Å². The van der Waals surface area contributed by atoms with Crippen LogP contribution in [0.5, 0.6) is 11.5 Å². The average molecular weight is 267 g/mol. The van der Waals surface area contributed by atoms with E-state index in [0.29, 0.717) is 18.0 Å². The summed E-state index contributed by atoms with van der Waals surface area (Å²) in [5.74, 6) is 1.15. The molecule has 1 aromatic rings. The van der Waals surface area contributed by atoms with Crippen LogP contribution in [-0.2, 0) is 16.1 Å². The third kappa shape index (κ3) is 4.44. The molecule has 0 aliphatic rings. The van der Waals surface area contributed by atoms with Gasteiger partial charge in [-0.15, -0.1) is 0 Å². The van der Waals surface area contributed by atoms with Gasteiger partial charge in [0.15, 0.2) is 11.5 Å². The first-order valence-electron chi connectivity index (χ1n) is 6.14. The number of hydrogen-bond donors (Lipinski definition) is 0. The third-order valence-corrected chi connectivity index (χ3v) is 2.88. The van der Waals surface area contributed by atoms with Gasteiger partial charge in [0.2, 0.25) is 0 Å². The van der Waals surface area contributed by atoms with Crippen LogP contribution in [0.2, 0.25) is 0 Å². The summed E-state index contributed by atoms with van der Waals surface area (Å²) in [7, 11) is 4.60. The zero-order valence-corrected chi connectivity index (χ0v) is 11.9. The lowest BCUT2D eigenvalue weighted by Crippen LogP contribution is -2.29. The van der Waals surface area contributed by atoms with Gasteiger partial charge in [0.1, 0.15) is 0 Å². The molecule has 0 spiro atoms. The quantitative estimate of drug-likeness (QED) is 0.704. The highest BCUT2D eigenvalue weighted by Crippen LogP contribution is 2.27. The highest BCUT2D eigenvalue weighted by atomic mass is 16.5. The van der Waals surface area contributed by atoms with Gasteiger partial charge >= 0.3 is 5.97 Å². The first kappa shape index (κ1) is 15.3. The molecular weight excluding hydrogens is 246 g/mol. The van der Waals surface area contributed by atoms with Gasteiger partial charge in [0.05, 0.1) is 27.9 Å². The standard InChI is InChI=1S/C14H21NO4/c1-5-15(10-14(16)19-4)9-11-6-7-12(17-2)13(8-11)18-3/h6-8H,5,9-10H2,1-4H3. The minimum absolute atomic E-state index is 0.234. The van der Waals surface area contributed by atoms with Crippen molar-refractivity contribution in [2.24, 2.45) is 0 Å².